The molecule has 1 fully saturated rings. The Morgan fingerprint density at radius 1 is 1.32 bits per heavy atom. The second-order valence-electron chi connectivity index (χ2n) is 6.00. The minimum Gasteiger partial charge on any atom is -0.378 e. The molecule has 0 aromatic carbocycles. The molecular formula is C15H30N2O2. The van der Waals surface area contributed by atoms with Crippen molar-refractivity contribution in [3.63, 3.8) is 0 Å². The maximum absolute atomic E-state index is 12.2. The van der Waals surface area contributed by atoms with Crippen LogP contribution in [-0.4, -0.2) is 30.7 Å². The first-order valence-corrected chi connectivity index (χ1v) is 7.68. The minimum absolute atomic E-state index is 0.0196. The van der Waals surface area contributed by atoms with E-state index in [0.29, 0.717) is 12.5 Å². The van der Waals surface area contributed by atoms with E-state index in [0.717, 1.165) is 38.7 Å². The summed E-state index contributed by atoms with van der Waals surface area (Å²) in [6.45, 7) is 7.67. The van der Waals surface area contributed by atoms with Crippen LogP contribution in [0.1, 0.15) is 59.3 Å². The van der Waals surface area contributed by atoms with Crippen molar-refractivity contribution < 1.29 is 9.53 Å². The van der Waals surface area contributed by atoms with E-state index in [1.54, 1.807) is 0 Å². The number of hydrogen-bond acceptors (Lipinski definition) is 3. The van der Waals surface area contributed by atoms with Crippen LogP contribution in [0.5, 0.6) is 0 Å². The zero-order chi connectivity index (χ0) is 14.3. The van der Waals surface area contributed by atoms with Gasteiger partial charge in [-0.2, -0.15) is 0 Å². The van der Waals surface area contributed by atoms with Gasteiger partial charge in [0.05, 0.1) is 11.6 Å². The Labute approximate surface area is 117 Å². The second kappa shape index (κ2) is 7.85. The van der Waals surface area contributed by atoms with Crippen molar-refractivity contribution in [3.8, 4) is 0 Å². The maximum atomic E-state index is 12.2. The first kappa shape index (κ1) is 16.4. The van der Waals surface area contributed by atoms with E-state index in [1.165, 1.54) is 6.42 Å². The zero-order valence-electron chi connectivity index (χ0n) is 12.7. The van der Waals surface area contributed by atoms with E-state index in [2.05, 4.69) is 19.2 Å². The molecule has 1 rings (SSSR count). The fourth-order valence-electron chi connectivity index (χ4n) is 2.74. The van der Waals surface area contributed by atoms with Gasteiger partial charge in [-0.25, -0.2) is 0 Å². The van der Waals surface area contributed by atoms with Crippen molar-refractivity contribution in [1.29, 1.82) is 0 Å². The molecule has 112 valence electrons. The van der Waals surface area contributed by atoms with Gasteiger partial charge in [0, 0.05) is 13.2 Å². The Morgan fingerprint density at radius 3 is 2.47 bits per heavy atom. The zero-order valence-corrected chi connectivity index (χ0v) is 12.7. The number of hydrogen-bond donors (Lipinski definition) is 2. The molecule has 1 amide bonds. The van der Waals surface area contributed by atoms with Gasteiger partial charge in [-0.1, -0.05) is 33.1 Å². The summed E-state index contributed by atoms with van der Waals surface area (Å²) in [7, 11) is 0. The van der Waals surface area contributed by atoms with Crippen molar-refractivity contribution in [3.05, 3.63) is 0 Å². The Balaban J connectivity index is 2.33. The molecule has 1 atom stereocenters. The molecule has 0 bridgehead atoms. The summed E-state index contributed by atoms with van der Waals surface area (Å²) < 4.78 is 5.67. The van der Waals surface area contributed by atoms with E-state index in [9.17, 15) is 4.79 Å². The Bertz CT molecular complexity index is 273. The van der Waals surface area contributed by atoms with E-state index in [1.807, 2.05) is 6.92 Å². The number of carbonyl (C=O) groups is 1. The second-order valence-corrected chi connectivity index (χ2v) is 6.00. The highest BCUT2D eigenvalue weighted by atomic mass is 16.5. The lowest BCUT2D eigenvalue weighted by Crippen LogP contribution is -2.55. The molecule has 1 aliphatic carbocycles. The summed E-state index contributed by atoms with van der Waals surface area (Å²) in [5, 5.41) is 2.99. The molecule has 1 aliphatic rings. The number of rotatable bonds is 7. The smallest absolute Gasteiger partial charge is 0.240 e. The highest BCUT2D eigenvalue weighted by Crippen LogP contribution is 2.25. The van der Waals surface area contributed by atoms with E-state index >= 15 is 0 Å². The fourth-order valence-corrected chi connectivity index (χ4v) is 2.74. The van der Waals surface area contributed by atoms with E-state index in [4.69, 9.17) is 10.5 Å². The monoisotopic (exact) mass is 270 g/mol. The number of nitrogens with one attached hydrogen (secondary N) is 1. The van der Waals surface area contributed by atoms with Crippen LogP contribution in [0.15, 0.2) is 0 Å². The van der Waals surface area contributed by atoms with Crippen molar-refractivity contribution in [2.75, 3.05) is 13.2 Å². The van der Waals surface area contributed by atoms with Crippen molar-refractivity contribution >= 4 is 5.91 Å². The first-order valence-electron chi connectivity index (χ1n) is 7.68. The maximum Gasteiger partial charge on any atom is 0.240 e. The van der Waals surface area contributed by atoms with Crippen LogP contribution in [-0.2, 0) is 9.53 Å². The van der Waals surface area contributed by atoms with Gasteiger partial charge in [0.2, 0.25) is 5.91 Å². The van der Waals surface area contributed by atoms with Crippen LogP contribution < -0.4 is 11.1 Å². The number of carbonyl (C=O) groups excluding carboxylic acids is 1. The molecule has 0 aliphatic heterocycles. The van der Waals surface area contributed by atoms with Crippen LogP contribution in [0.2, 0.25) is 0 Å². The van der Waals surface area contributed by atoms with E-state index in [-0.39, 0.29) is 12.0 Å². The van der Waals surface area contributed by atoms with Gasteiger partial charge in [-0.05, 0) is 32.1 Å². The highest BCUT2D eigenvalue weighted by Gasteiger charge is 2.34. The lowest BCUT2D eigenvalue weighted by atomic mass is 9.82. The summed E-state index contributed by atoms with van der Waals surface area (Å²) in [6, 6.07) is 0. The van der Waals surface area contributed by atoms with Gasteiger partial charge in [0.15, 0.2) is 0 Å². The van der Waals surface area contributed by atoms with E-state index < -0.39 is 5.54 Å². The fraction of sp³-hybridized carbons (Fsp3) is 0.933. The summed E-state index contributed by atoms with van der Waals surface area (Å²) in [5.74, 6) is 0.490. The van der Waals surface area contributed by atoms with Gasteiger partial charge < -0.3 is 15.8 Å². The Hall–Kier alpha value is -0.610. The molecule has 4 heteroatoms. The third-order valence-electron chi connectivity index (χ3n) is 4.04. The van der Waals surface area contributed by atoms with Gasteiger partial charge in [0.1, 0.15) is 0 Å². The molecule has 0 aromatic heterocycles. The quantitative estimate of drug-likeness (QED) is 0.745. The lowest BCUT2D eigenvalue weighted by Gasteiger charge is -2.32. The predicted octanol–water partition coefficient (Wildman–Crippen LogP) is 2.22. The molecule has 0 aromatic rings. The van der Waals surface area contributed by atoms with Crippen molar-refractivity contribution in [2.45, 2.75) is 70.9 Å². The van der Waals surface area contributed by atoms with Crippen LogP contribution in [0.25, 0.3) is 0 Å². The van der Waals surface area contributed by atoms with Gasteiger partial charge in [-0.3, -0.25) is 4.79 Å². The summed E-state index contributed by atoms with van der Waals surface area (Å²) in [5.41, 5.74) is 5.57. The molecule has 19 heavy (non-hydrogen) atoms. The Kier molecular flexibility index (Phi) is 6.80. The minimum atomic E-state index is -0.628. The topological polar surface area (TPSA) is 64.3 Å². The Morgan fingerprint density at radius 2 is 1.95 bits per heavy atom. The van der Waals surface area contributed by atoms with Crippen LogP contribution in [0, 0.1) is 5.92 Å². The molecule has 1 saturated carbocycles. The van der Waals surface area contributed by atoms with Gasteiger partial charge in [0.25, 0.3) is 0 Å². The largest absolute Gasteiger partial charge is 0.378 e. The SMILES string of the molecule is CCOC(CCNC(=O)C1(N)CCCCC1)C(C)C. The summed E-state index contributed by atoms with van der Waals surface area (Å²) in [4.78, 5) is 12.2. The highest BCUT2D eigenvalue weighted by molar-refractivity contribution is 5.86. The van der Waals surface area contributed by atoms with Crippen LogP contribution in [0.4, 0.5) is 0 Å². The van der Waals surface area contributed by atoms with Crippen LogP contribution >= 0.6 is 0 Å². The molecule has 1 unspecified atom stereocenters. The average Bonchev–Trinajstić information content (AvgIpc) is 2.38. The number of ether oxygens (including phenoxy) is 1. The molecule has 0 saturated heterocycles. The van der Waals surface area contributed by atoms with Crippen LogP contribution in [0.3, 0.4) is 0 Å². The number of amides is 1. The molecule has 0 radical (unpaired) electrons. The average molecular weight is 270 g/mol. The molecule has 4 nitrogen and oxygen atoms in total. The molecular weight excluding hydrogens is 240 g/mol. The summed E-state index contributed by atoms with van der Waals surface area (Å²) in [6.07, 6.45) is 6.04. The van der Waals surface area contributed by atoms with Crippen molar-refractivity contribution in [1.82, 2.24) is 5.32 Å². The normalized spacial score (nSPS) is 20.3. The standard InChI is InChI=1S/C15H30N2O2/c1-4-19-13(12(2)3)8-11-17-14(18)15(16)9-6-5-7-10-15/h12-13H,4-11,16H2,1-3H3,(H,17,18). The first-order chi connectivity index (χ1) is 8.99. The molecule has 3 N–H and O–H groups in total. The molecule has 0 heterocycles. The predicted molar refractivity (Wildman–Crippen MR) is 77.9 cm³/mol. The molecule has 0 spiro atoms. The van der Waals surface area contributed by atoms with Crippen molar-refractivity contribution in [2.24, 2.45) is 11.7 Å². The van der Waals surface area contributed by atoms with Gasteiger partial charge in [-0.15, -0.1) is 0 Å². The third-order valence-corrected chi connectivity index (χ3v) is 4.04. The lowest BCUT2D eigenvalue weighted by molar-refractivity contribution is -0.127. The summed E-state index contributed by atoms with van der Waals surface area (Å²) >= 11 is 0. The van der Waals surface area contributed by atoms with Gasteiger partial charge >= 0.3 is 0 Å². The third kappa shape index (κ3) is 5.11. The number of nitrogens with two attached hydrogens (primary N) is 1.